The van der Waals surface area contributed by atoms with E-state index >= 15 is 0 Å². The number of hydrazone groups is 1. The Labute approximate surface area is 170 Å². The molecule has 0 saturated carbocycles. The van der Waals surface area contributed by atoms with Gasteiger partial charge in [-0.15, -0.1) is 0 Å². The zero-order chi connectivity index (χ0) is 21.7. The van der Waals surface area contributed by atoms with Gasteiger partial charge in [0.25, 0.3) is 11.4 Å². The Morgan fingerprint density at radius 1 is 1.03 bits per heavy atom. The number of carbonyl (C=O) groups is 1. The molecule has 1 amide bonds. The number of amides is 1. The number of hydrogen-bond acceptors (Lipinski definition) is 7. The van der Waals surface area contributed by atoms with Crippen molar-refractivity contribution in [2.75, 3.05) is 0 Å². The van der Waals surface area contributed by atoms with E-state index < -0.39 is 15.8 Å². The Bertz CT molecular complexity index is 1130. The third-order valence-corrected chi connectivity index (χ3v) is 4.22. The summed E-state index contributed by atoms with van der Waals surface area (Å²) in [4.78, 5) is 32.6. The lowest BCUT2D eigenvalue weighted by Gasteiger charge is -2.02. The number of aryl methyl sites for hydroxylation is 1. The van der Waals surface area contributed by atoms with Crippen LogP contribution in [0.4, 0.5) is 11.4 Å². The van der Waals surface area contributed by atoms with Gasteiger partial charge in [-0.2, -0.15) is 5.10 Å². The molecular formula is C20H16N4O6. The summed E-state index contributed by atoms with van der Waals surface area (Å²) in [6.45, 7) is 1.81. The second kappa shape index (κ2) is 8.78. The summed E-state index contributed by atoms with van der Waals surface area (Å²) in [6, 6.07) is 13.4. The van der Waals surface area contributed by atoms with Crippen LogP contribution < -0.4 is 5.43 Å². The van der Waals surface area contributed by atoms with E-state index in [9.17, 15) is 25.0 Å². The van der Waals surface area contributed by atoms with Gasteiger partial charge in [0.1, 0.15) is 11.5 Å². The number of furan rings is 1. The van der Waals surface area contributed by atoms with Crippen LogP contribution in [0.3, 0.4) is 0 Å². The number of nitro benzene ring substituents is 2. The summed E-state index contributed by atoms with van der Waals surface area (Å²) in [6.07, 6.45) is 1.32. The van der Waals surface area contributed by atoms with Gasteiger partial charge in [-0.3, -0.25) is 25.0 Å². The van der Waals surface area contributed by atoms with E-state index in [-0.39, 0.29) is 17.8 Å². The molecule has 152 valence electrons. The van der Waals surface area contributed by atoms with E-state index in [1.165, 1.54) is 42.6 Å². The van der Waals surface area contributed by atoms with Gasteiger partial charge in [0.05, 0.1) is 22.5 Å². The molecule has 1 aromatic heterocycles. The zero-order valence-corrected chi connectivity index (χ0v) is 15.8. The molecule has 10 nitrogen and oxygen atoms in total. The maximum atomic E-state index is 11.9. The van der Waals surface area contributed by atoms with Gasteiger partial charge in [0.15, 0.2) is 0 Å². The number of rotatable bonds is 7. The van der Waals surface area contributed by atoms with Crippen molar-refractivity contribution in [3.05, 3.63) is 91.7 Å². The summed E-state index contributed by atoms with van der Waals surface area (Å²) in [5.74, 6) is 0.391. The lowest BCUT2D eigenvalue weighted by Crippen LogP contribution is -2.19. The maximum absolute atomic E-state index is 11.9. The summed E-state index contributed by atoms with van der Waals surface area (Å²) in [5.41, 5.74) is 4.27. The standard InChI is InChI=1S/C20H16N4O6/c1-13-2-5-16(24(28)29)11-18(13)19-9-8-17(30-19)12-21-22-20(25)10-14-3-6-15(7-4-14)23(26)27/h2-9,11-12H,10H2,1H3,(H,22,25)/b21-12-. The fraction of sp³-hybridized carbons (Fsp3) is 0.100. The van der Waals surface area contributed by atoms with Crippen molar-refractivity contribution in [3.63, 3.8) is 0 Å². The van der Waals surface area contributed by atoms with Crippen LogP contribution in [0.25, 0.3) is 11.3 Å². The Balaban J connectivity index is 1.62. The van der Waals surface area contributed by atoms with Crippen molar-refractivity contribution in [2.24, 2.45) is 5.10 Å². The minimum Gasteiger partial charge on any atom is -0.455 e. The highest BCUT2D eigenvalue weighted by Gasteiger charge is 2.13. The number of hydrogen-bond donors (Lipinski definition) is 1. The van der Waals surface area contributed by atoms with Crippen molar-refractivity contribution in [1.82, 2.24) is 5.43 Å². The Hall–Kier alpha value is -4.34. The van der Waals surface area contributed by atoms with E-state index in [1.54, 1.807) is 18.2 Å². The van der Waals surface area contributed by atoms with Crippen LogP contribution in [0.15, 0.2) is 64.1 Å². The Morgan fingerprint density at radius 2 is 1.70 bits per heavy atom. The summed E-state index contributed by atoms with van der Waals surface area (Å²) >= 11 is 0. The van der Waals surface area contributed by atoms with Gasteiger partial charge in [-0.25, -0.2) is 5.43 Å². The lowest BCUT2D eigenvalue weighted by molar-refractivity contribution is -0.385. The minimum absolute atomic E-state index is 0.00557. The van der Waals surface area contributed by atoms with Gasteiger partial charge >= 0.3 is 0 Å². The van der Waals surface area contributed by atoms with E-state index in [2.05, 4.69) is 10.5 Å². The zero-order valence-electron chi connectivity index (χ0n) is 15.8. The van der Waals surface area contributed by atoms with Crippen LogP contribution in [-0.2, 0) is 11.2 Å². The second-order valence-electron chi connectivity index (χ2n) is 6.35. The first-order valence-electron chi connectivity index (χ1n) is 8.74. The molecule has 1 N–H and O–H groups in total. The molecule has 1 heterocycles. The molecule has 0 unspecified atom stereocenters. The smallest absolute Gasteiger partial charge is 0.270 e. The van der Waals surface area contributed by atoms with E-state index in [1.807, 2.05) is 6.92 Å². The van der Waals surface area contributed by atoms with Gasteiger partial charge in [0, 0.05) is 29.8 Å². The highest BCUT2D eigenvalue weighted by Crippen LogP contribution is 2.28. The third kappa shape index (κ3) is 4.93. The Morgan fingerprint density at radius 3 is 2.37 bits per heavy atom. The fourth-order valence-corrected chi connectivity index (χ4v) is 2.68. The monoisotopic (exact) mass is 408 g/mol. The van der Waals surface area contributed by atoms with Crippen LogP contribution in [0, 0.1) is 27.2 Å². The number of nitrogens with zero attached hydrogens (tertiary/aromatic N) is 3. The first-order valence-corrected chi connectivity index (χ1v) is 8.74. The van der Waals surface area contributed by atoms with Crippen molar-refractivity contribution in [1.29, 1.82) is 0 Å². The van der Waals surface area contributed by atoms with Crippen molar-refractivity contribution in [3.8, 4) is 11.3 Å². The number of non-ortho nitro benzene ring substituents is 2. The predicted octanol–water partition coefficient (Wildman–Crippen LogP) is 3.76. The Kier molecular flexibility index (Phi) is 5.97. The summed E-state index contributed by atoms with van der Waals surface area (Å²) < 4.78 is 5.63. The van der Waals surface area contributed by atoms with Crippen LogP contribution in [0.2, 0.25) is 0 Å². The maximum Gasteiger partial charge on any atom is 0.270 e. The molecule has 0 bridgehead atoms. The van der Waals surface area contributed by atoms with Crippen LogP contribution >= 0.6 is 0 Å². The normalized spacial score (nSPS) is 10.8. The highest BCUT2D eigenvalue weighted by atomic mass is 16.6. The van der Waals surface area contributed by atoms with E-state index in [4.69, 9.17) is 4.42 Å². The van der Waals surface area contributed by atoms with E-state index in [0.717, 1.165) is 5.56 Å². The average Bonchev–Trinajstić information content (AvgIpc) is 3.17. The molecule has 30 heavy (non-hydrogen) atoms. The van der Waals surface area contributed by atoms with Crippen LogP contribution in [0.5, 0.6) is 0 Å². The molecular weight excluding hydrogens is 392 g/mol. The van der Waals surface area contributed by atoms with Gasteiger partial charge in [0.2, 0.25) is 5.91 Å². The average molecular weight is 408 g/mol. The molecule has 0 radical (unpaired) electrons. The molecule has 0 aliphatic heterocycles. The molecule has 10 heteroatoms. The largest absolute Gasteiger partial charge is 0.455 e. The summed E-state index contributed by atoms with van der Waals surface area (Å²) in [7, 11) is 0. The van der Waals surface area contributed by atoms with Gasteiger partial charge < -0.3 is 4.42 Å². The number of benzene rings is 2. The van der Waals surface area contributed by atoms with E-state index in [0.29, 0.717) is 22.6 Å². The number of nitro groups is 2. The predicted molar refractivity (Wildman–Crippen MR) is 108 cm³/mol. The lowest BCUT2D eigenvalue weighted by atomic mass is 10.1. The van der Waals surface area contributed by atoms with Gasteiger partial charge in [-0.1, -0.05) is 18.2 Å². The molecule has 0 aliphatic rings. The number of nitrogens with one attached hydrogen (secondary N) is 1. The molecule has 0 atom stereocenters. The highest BCUT2D eigenvalue weighted by molar-refractivity contribution is 5.82. The van der Waals surface area contributed by atoms with Crippen LogP contribution in [0.1, 0.15) is 16.9 Å². The topological polar surface area (TPSA) is 141 Å². The van der Waals surface area contributed by atoms with Crippen molar-refractivity contribution in [2.45, 2.75) is 13.3 Å². The number of carbonyl (C=O) groups excluding carboxylic acids is 1. The molecule has 3 aromatic rings. The molecule has 3 rings (SSSR count). The second-order valence-corrected chi connectivity index (χ2v) is 6.35. The fourth-order valence-electron chi connectivity index (χ4n) is 2.68. The molecule has 0 saturated heterocycles. The summed E-state index contributed by atoms with van der Waals surface area (Å²) in [5, 5.41) is 25.4. The minimum atomic E-state index is -0.513. The SMILES string of the molecule is Cc1ccc([N+](=O)[O-])cc1-c1ccc(/C=N\NC(=O)Cc2ccc([N+](=O)[O-])cc2)o1. The van der Waals surface area contributed by atoms with Crippen molar-refractivity contribution < 1.29 is 19.1 Å². The third-order valence-electron chi connectivity index (χ3n) is 4.22. The molecule has 0 aliphatic carbocycles. The van der Waals surface area contributed by atoms with Gasteiger partial charge in [-0.05, 0) is 30.2 Å². The molecule has 0 spiro atoms. The van der Waals surface area contributed by atoms with Crippen molar-refractivity contribution >= 4 is 23.5 Å². The molecule has 2 aromatic carbocycles. The first kappa shape index (κ1) is 20.4. The quantitative estimate of drug-likeness (QED) is 0.358. The molecule has 0 fully saturated rings. The first-order chi connectivity index (χ1) is 14.3. The van der Waals surface area contributed by atoms with Crippen LogP contribution in [-0.4, -0.2) is 22.0 Å².